The molecule has 0 saturated heterocycles. The van der Waals surface area contributed by atoms with Gasteiger partial charge in [-0.15, -0.1) is 0 Å². The number of rotatable bonds is 7. The summed E-state index contributed by atoms with van der Waals surface area (Å²) in [5.41, 5.74) is 1.05. The number of benzene rings is 3. The summed E-state index contributed by atoms with van der Waals surface area (Å²) in [6.45, 7) is -0.145. The fraction of sp³-hybridized carbons (Fsp3) is 0.167. The second-order valence-corrected chi connectivity index (χ2v) is 9.92. The van der Waals surface area contributed by atoms with Crippen molar-refractivity contribution in [1.82, 2.24) is 5.43 Å². The van der Waals surface area contributed by atoms with Crippen molar-refractivity contribution < 1.29 is 35.9 Å². The van der Waals surface area contributed by atoms with Gasteiger partial charge in [-0.1, -0.05) is 35.9 Å². The van der Waals surface area contributed by atoms with Gasteiger partial charge < -0.3 is 9.47 Å². The molecule has 0 radical (unpaired) electrons. The van der Waals surface area contributed by atoms with Gasteiger partial charge in [0.25, 0.3) is 15.9 Å². The number of ether oxygens (including phenoxy) is 2. The third-order valence-corrected chi connectivity index (χ3v) is 7.27. The number of anilines is 1. The Morgan fingerprint density at radius 2 is 1.78 bits per heavy atom. The van der Waals surface area contributed by atoms with Crippen LogP contribution >= 0.6 is 11.6 Å². The van der Waals surface area contributed by atoms with Gasteiger partial charge in [-0.3, -0.25) is 9.10 Å². The van der Waals surface area contributed by atoms with Crippen LogP contribution < -0.4 is 19.2 Å². The summed E-state index contributed by atoms with van der Waals surface area (Å²) in [4.78, 5) is 12.5. The van der Waals surface area contributed by atoms with E-state index in [1.807, 2.05) is 0 Å². The Balaban J connectivity index is 1.62. The molecule has 3 aromatic carbocycles. The number of hydrogen-bond donors (Lipinski definition) is 1. The first kappa shape index (κ1) is 26.3. The van der Waals surface area contributed by atoms with Crippen LogP contribution in [0.1, 0.15) is 11.1 Å². The number of halogens is 4. The number of hydrogen-bond acceptors (Lipinski definition) is 6. The third-order valence-electron chi connectivity index (χ3n) is 5.15. The quantitative estimate of drug-likeness (QED) is 0.344. The van der Waals surface area contributed by atoms with Crippen LogP contribution in [0.5, 0.6) is 11.5 Å². The number of nitrogens with one attached hydrogen (secondary N) is 1. The SMILES string of the molecule is O=C(CN(c1ccc(Cl)c(C(F)(F)F)c1)S(=O)(=O)c1ccccc1)N/N=C/c1cccc2c1OCCO2. The molecule has 1 aliphatic heterocycles. The lowest BCUT2D eigenvalue weighted by Gasteiger charge is -2.24. The van der Waals surface area contributed by atoms with Crippen LogP contribution in [-0.2, 0) is 21.0 Å². The lowest BCUT2D eigenvalue weighted by molar-refractivity contribution is -0.137. The van der Waals surface area contributed by atoms with Gasteiger partial charge in [0.05, 0.1) is 27.4 Å². The van der Waals surface area contributed by atoms with Gasteiger partial charge in [-0.05, 0) is 42.5 Å². The third kappa shape index (κ3) is 5.97. The minimum Gasteiger partial charge on any atom is -0.486 e. The molecule has 0 spiro atoms. The van der Waals surface area contributed by atoms with Gasteiger partial charge in [-0.25, -0.2) is 13.8 Å². The van der Waals surface area contributed by atoms with E-state index < -0.39 is 44.9 Å². The van der Waals surface area contributed by atoms with Gasteiger partial charge >= 0.3 is 6.18 Å². The topological polar surface area (TPSA) is 97.3 Å². The van der Waals surface area contributed by atoms with Crippen LogP contribution in [0.2, 0.25) is 5.02 Å². The van der Waals surface area contributed by atoms with Gasteiger partial charge in [0.1, 0.15) is 19.8 Å². The lowest BCUT2D eigenvalue weighted by Crippen LogP contribution is -2.39. The second kappa shape index (κ2) is 10.7. The van der Waals surface area contributed by atoms with E-state index in [2.05, 4.69) is 10.5 Å². The van der Waals surface area contributed by atoms with Crippen molar-refractivity contribution in [2.45, 2.75) is 11.1 Å². The number of hydrazone groups is 1. The molecular weight excluding hydrogens is 535 g/mol. The molecule has 194 valence electrons. The maximum atomic E-state index is 13.5. The molecule has 1 aliphatic rings. The average molecular weight is 554 g/mol. The zero-order chi connectivity index (χ0) is 26.6. The molecule has 0 fully saturated rings. The van der Waals surface area contributed by atoms with Crippen molar-refractivity contribution in [2.75, 3.05) is 24.1 Å². The molecule has 37 heavy (non-hydrogen) atoms. The summed E-state index contributed by atoms with van der Waals surface area (Å²) in [7, 11) is -4.44. The molecule has 1 N–H and O–H groups in total. The van der Waals surface area contributed by atoms with Crippen LogP contribution in [-0.4, -0.2) is 40.3 Å². The highest BCUT2D eigenvalue weighted by Crippen LogP contribution is 2.38. The zero-order valence-corrected chi connectivity index (χ0v) is 20.5. The highest BCUT2D eigenvalue weighted by atomic mass is 35.5. The smallest absolute Gasteiger partial charge is 0.417 e. The van der Waals surface area contributed by atoms with E-state index in [-0.39, 0.29) is 4.90 Å². The van der Waals surface area contributed by atoms with Gasteiger partial charge in [-0.2, -0.15) is 18.3 Å². The summed E-state index contributed by atoms with van der Waals surface area (Å²) in [6.07, 6.45) is -3.56. The van der Waals surface area contributed by atoms with E-state index in [1.54, 1.807) is 24.3 Å². The Bertz CT molecular complexity index is 1430. The number of carbonyl (C=O) groups is 1. The minimum atomic E-state index is -4.84. The molecule has 13 heteroatoms. The van der Waals surface area contributed by atoms with E-state index >= 15 is 0 Å². The lowest BCUT2D eigenvalue weighted by atomic mass is 10.2. The molecule has 0 aliphatic carbocycles. The normalized spacial score (nSPS) is 13.4. The molecule has 0 aromatic heterocycles. The standard InChI is InChI=1S/C24H19ClF3N3O5S/c25-20-10-9-17(13-19(20)24(26,27)28)31(37(33,34)18-6-2-1-3-7-18)15-22(32)30-29-14-16-5-4-8-21-23(16)36-12-11-35-21/h1-10,13-14H,11-12,15H2,(H,30,32)/b29-14+. The average Bonchev–Trinajstić information content (AvgIpc) is 2.87. The predicted octanol–water partition coefficient (Wildman–Crippen LogP) is 4.48. The highest BCUT2D eigenvalue weighted by molar-refractivity contribution is 7.92. The molecule has 0 bridgehead atoms. The molecular formula is C24H19ClF3N3O5S. The van der Waals surface area contributed by atoms with Gasteiger partial charge in [0.2, 0.25) is 0 Å². The maximum Gasteiger partial charge on any atom is 0.417 e. The molecule has 1 heterocycles. The highest BCUT2D eigenvalue weighted by Gasteiger charge is 2.35. The van der Waals surface area contributed by atoms with Crippen LogP contribution in [0.4, 0.5) is 18.9 Å². The Hall–Kier alpha value is -3.77. The van der Waals surface area contributed by atoms with Crippen molar-refractivity contribution in [1.29, 1.82) is 0 Å². The molecule has 0 saturated carbocycles. The number of nitrogens with zero attached hydrogens (tertiary/aromatic N) is 2. The summed E-state index contributed by atoms with van der Waals surface area (Å²) >= 11 is 5.69. The molecule has 0 unspecified atom stereocenters. The largest absolute Gasteiger partial charge is 0.486 e. The number of alkyl halides is 3. The van der Waals surface area contributed by atoms with E-state index in [4.69, 9.17) is 21.1 Å². The van der Waals surface area contributed by atoms with Crippen LogP contribution in [0.25, 0.3) is 0 Å². The first-order valence-corrected chi connectivity index (χ1v) is 12.5. The second-order valence-electron chi connectivity index (χ2n) is 7.65. The first-order chi connectivity index (χ1) is 17.6. The molecule has 8 nitrogen and oxygen atoms in total. The summed E-state index contributed by atoms with van der Waals surface area (Å²) < 4.78 is 78.6. The van der Waals surface area contributed by atoms with Crippen molar-refractivity contribution >= 4 is 39.4 Å². The molecule has 4 rings (SSSR count). The van der Waals surface area contributed by atoms with Gasteiger partial charge in [0, 0.05) is 5.56 Å². The Labute approximate surface area is 215 Å². The number of amides is 1. The summed E-state index contributed by atoms with van der Waals surface area (Å²) in [6, 6.07) is 14.7. The fourth-order valence-corrected chi connectivity index (χ4v) is 5.12. The predicted molar refractivity (Wildman–Crippen MR) is 131 cm³/mol. The molecule has 3 aromatic rings. The van der Waals surface area contributed by atoms with Crippen LogP contribution in [0, 0.1) is 0 Å². The number of sulfonamides is 1. The van der Waals surface area contributed by atoms with Gasteiger partial charge in [0.15, 0.2) is 11.5 Å². The monoisotopic (exact) mass is 553 g/mol. The maximum absolute atomic E-state index is 13.5. The fourth-order valence-electron chi connectivity index (χ4n) is 3.46. The van der Waals surface area contributed by atoms with Crippen molar-refractivity contribution in [3.8, 4) is 11.5 Å². The van der Waals surface area contributed by atoms with Crippen LogP contribution in [0.15, 0.2) is 76.7 Å². The van der Waals surface area contributed by atoms with Crippen LogP contribution in [0.3, 0.4) is 0 Å². The van der Waals surface area contributed by atoms with E-state index in [0.29, 0.717) is 40.6 Å². The minimum absolute atomic E-state index is 0.220. The molecule has 0 atom stereocenters. The summed E-state index contributed by atoms with van der Waals surface area (Å²) in [5, 5.41) is 3.23. The number of fused-ring (bicyclic) bond motifs is 1. The van der Waals surface area contributed by atoms with E-state index in [0.717, 1.165) is 12.1 Å². The zero-order valence-electron chi connectivity index (χ0n) is 18.9. The first-order valence-electron chi connectivity index (χ1n) is 10.7. The van der Waals surface area contributed by atoms with Crippen molar-refractivity contribution in [2.24, 2.45) is 5.10 Å². The van der Waals surface area contributed by atoms with Crippen molar-refractivity contribution in [3.05, 3.63) is 82.9 Å². The Morgan fingerprint density at radius 1 is 1.05 bits per heavy atom. The van der Waals surface area contributed by atoms with E-state index in [9.17, 15) is 26.4 Å². The molecule has 1 amide bonds. The Kier molecular flexibility index (Phi) is 7.60. The number of para-hydroxylation sites is 1. The van der Waals surface area contributed by atoms with E-state index in [1.165, 1.54) is 30.5 Å². The summed E-state index contributed by atoms with van der Waals surface area (Å²) in [5.74, 6) is 0.0342. The number of carbonyl (C=O) groups excluding carboxylic acids is 1. The van der Waals surface area contributed by atoms with Crippen molar-refractivity contribution in [3.63, 3.8) is 0 Å². The Morgan fingerprint density at radius 3 is 2.51 bits per heavy atom.